The van der Waals surface area contributed by atoms with Gasteiger partial charge < -0.3 is 5.32 Å². The summed E-state index contributed by atoms with van der Waals surface area (Å²) < 4.78 is 3.15. The number of nitrogens with zero attached hydrogens (tertiary/aromatic N) is 2. The lowest BCUT2D eigenvalue weighted by Crippen LogP contribution is -2.26. The van der Waals surface area contributed by atoms with Crippen molar-refractivity contribution in [3.63, 3.8) is 0 Å². The first kappa shape index (κ1) is 16.6. The number of nitrogens with one attached hydrogen (secondary N) is 1. The molecule has 0 bridgehead atoms. The van der Waals surface area contributed by atoms with Crippen LogP contribution in [0.15, 0.2) is 39.8 Å². The highest BCUT2D eigenvalue weighted by molar-refractivity contribution is 9.10. The third-order valence-corrected chi connectivity index (χ3v) is 5.07. The van der Waals surface area contributed by atoms with Crippen LogP contribution in [0.2, 0.25) is 0 Å². The van der Waals surface area contributed by atoms with Crippen molar-refractivity contribution >= 4 is 27.7 Å². The van der Waals surface area contributed by atoms with Gasteiger partial charge >= 0.3 is 0 Å². The smallest absolute Gasteiger partial charge is 0.0704 e. The topological polar surface area (TPSA) is 29.9 Å². The van der Waals surface area contributed by atoms with E-state index < -0.39 is 0 Å². The Kier molecular flexibility index (Phi) is 6.33. The van der Waals surface area contributed by atoms with E-state index in [0.717, 1.165) is 23.3 Å². The molecule has 0 radical (unpaired) electrons. The quantitative estimate of drug-likeness (QED) is 0.734. The monoisotopic (exact) mass is 367 g/mol. The van der Waals surface area contributed by atoms with E-state index in [2.05, 4.69) is 76.1 Å². The summed E-state index contributed by atoms with van der Waals surface area (Å²) in [5, 5.41) is 8.00. The zero-order chi connectivity index (χ0) is 15.2. The fraction of sp³-hybridized carbons (Fsp3) is 0.438. The van der Waals surface area contributed by atoms with Crippen LogP contribution in [0, 0.1) is 6.92 Å². The molecule has 0 saturated carbocycles. The Hall–Kier alpha value is -0.780. The number of benzene rings is 1. The molecule has 1 atom stereocenters. The van der Waals surface area contributed by atoms with Gasteiger partial charge in [0.2, 0.25) is 0 Å². The number of halogens is 1. The lowest BCUT2D eigenvalue weighted by molar-refractivity contribution is 0.525. The molecule has 1 aromatic carbocycles. The van der Waals surface area contributed by atoms with Crippen LogP contribution in [0.5, 0.6) is 0 Å². The SMILES string of the molecule is CCNC(CSc1ccc(C)cc1)c1c(Br)cnn1CC. The standard InChI is InChI=1S/C16H22BrN3S/c1-4-18-15(16-14(17)10-19-20(16)5-2)11-21-13-8-6-12(3)7-9-13/h6-10,15,18H,4-5,11H2,1-3H3. The highest BCUT2D eigenvalue weighted by Gasteiger charge is 2.19. The molecule has 0 aliphatic carbocycles. The maximum Gasteiger partial charge on any atom is 0.0704 e. The number of rotatable bonds is 7. The predicted molar refractivity (Wildman–Crippen MR) is 93.9 cm³/mol. The molecule has 2 rings (SSSR count). The maximum atomic E-state index is 4.42. The Bertz CT molecular complexity index is 565. The average Bonchev–Trinajstić information content (AvgIpc) is 2.86. The normalized spacial score (nSPS) is 12.6. The maximum absolute atomic E-state index is 4.42. The van der Waals surface area contributed by atoms with Gasteiger partial charge in [-0.25, -0.2) is 0 Å². The fourth-order valence-corrected chi connectivity index (χ4v) is 3.80. The summed E-state index contributed by atoms with van der Waals surface area (Å²) in [6.07, 6.45) is 1.89. The average molecular weight is 368 g/mol. The molecule has 0 aliphatic rings. The molecule has 5 heteroatoms. The molecule has 1 N–H and O–H groups in total. The van der Waals surface area contributed by atoms with E-state index >= 15 is 0 Å². The van der Waals surface area contributed by atoms with E-state index in [0.29, 0.717) is 0 Å². The zero-order valence-corrected chi connectivity index (χ0v) is 15.2. The van der Waals surface area contributed by atoms with Crippen LogP contribution >= 0.6 is 27.7 Å². The fourth-order valence-electron chi connectivity index (χ4n) is 2.27. The van der Waals surface area contributed by atoms with Gasteiger partial charge in [-0.3, -0.25) is 4.68 Å². The molecule has 0 aliphatic heterocycles. The van der Waals surface area contributed by atoms with Crippen molar-refractivity contribution < 1.29 is 0 Å². The van der Waals surface area contributed by atoms with Gasteiger partial charge in [-0.15, -0.1) is 11.8 Å². The molecule has 21 heavy (non-hydrogen) atoms. The van der Waals surface area contributed by atoms with Gasteiger partial charge in [0.1, 0.15) is 0 Å². The Balaban J connectivity index is 2.11. The van der Waals surface area contributed by atoms with Crippen molar-refractivity contribution in [1.82, 2.24) is 15.1 Å². The lowest BCUT2D eigenvalue weighted by atomic mass is 10.2. The summed E-state index contributed by atoms with van der Waals surface area (Å²) in [5.41, 5.74) is 2.54. The van der Waals surface area contributed by atoms with Crippen LogP contribution in [-0.2, 0) is 6.54 Å². The van der Waals surface area contributed by atoms with Crippen LogP contribution in [0.4, 0.5) is 0 Å². The van der Waals surface area contributed by atoms with Gasteiger partial charge in [0.05, 0.1) is 22.4 Å². The van der Waals surface area contributed by atoms with Crippen LogP contribution in [0.1, 0.15) is 31.1 Å². The minimum Gasteiger partial charge on any atom is -0.308 e. The van der Waals surface area contributed by atoms with E-state index in [1.165, 1.54) is 16.2 Å². The van der Waals surface area contributed by atoms with Crippen molar-refractivity contribution in [3.8, 4) is 0 Å². The van der Waals surface area contributed by atoms with Gasteiger partial charge in [-0.2, -0.15) is 5.10 Å². The minimum absolute atomic E-state index is 0.290. The number of thioether (sulfide) groups is 1. The first-order valence-corrected chi connectivity index (χ1v) is 9.07. The second kappa shape index (κ2) is 8.01. The van der Waals surface area contributed by atoms with E-state index in [-0.39, 0.29) is 6.04 Å². The Morgan fingerprint density at radius 1 is 1.29 bits per heavy atom. The van der Waals surface area contributed by atoms with Crippen LogP contribution in [0.25, 0.3) is 0 Å². The third kappa shape index (κ3) is 4.34. The number of aromatic nitrogens is 2. The molecule has 1 aromatic heterocycles. The molecule has 3 nitrogen and oxygen atoms in total. The Labute approximate surface area is 139 Å². The van der Waals surface area contributed by atoms with Crippen LogP contribution < -0.4 is 5.32 Å². The van der Waals surface area contributed by atoms with E-state index in [1.54, 1.807) is 0 Å². The van der Waals surface area contributed by atoms with Gasteiger partial charge in [0, 0.05) is 17.2 Å². The highest BCUT2D eigenvalue weighted by Crippen LogP contribution is 2.29. The first-order valence-electron chi connectivity index (χ1n) is 7.29. The predicted octanol–water partition coefficient (Wildman–Crippen LogP) is 4.42. The van der Waals surface area contributed by atoms with E-state index in [4.69, 9.17) is 0 Å². The Morgan fingerprint density at radius 3 is 2.62 bits per heavy atom. The number of aryl methyl sites for hydroxylation is 2. The van der Waals surface area contributed by atoms with Crippen molar-refractivity contribution in [2.75, 3.05) is 12.3 Å². The molecule has 1 heterocycles. The molecule has 0 amide bonds. The Morgan fingerprint density at radius 2 is 2.00 bits per heavy atom. The number of hydrogen-bond acceptors (Lipinski definition) is 3. The molecule has 2 aromatic rings. The van der Waals surface area contributed by atoms with Crippen LogP contribution in [0.3, 0.4) is 0 Å². The molecular formula is C16H22BrN3S. The van der Waals surface area contributed by atoms with Crippen LogP contribution in [-0.4, -0.2) is 22.1 Å². The first-order chi connectivity index (χ1) is 10.2. The van der Waals surface area contributed by atoms with E-state index in [9.17, 15) is 0 Å². The van der Waals surface area contributed by atoms with Crippen molar-refractivity contribution in [1.29, 1.82) is 0 Å². The largest absolute Gasteiger partial charge is 0.308 e. The van der Waals surface area contributed by atoms with Gasteiger partial charge in [-0.1, -0.05) is 24.6 Å². The second-order valence-electron chi connectivity index (χ2n) is 4.93. The van der Waals surface area contributed by atoms with Gasteiger partial charge in [0.15, 0.2) is 0 Å². The van der Waals surface area contributed by atoms with Gasteiger partial charge in [0.25, 0.3) is 0 Å². The molecule has 0 spiro atoms. The number of hydrogen-bond donors (Lipinski definition) is 1. The van der Waals surface area contributed by atoms with Gasteiger partial charge in [-0.05, 0) is 48.5 Å². The summed E-state index contributed by atoms with van der Waals surface area (Å²) in [5.74, 6) is 0.987. The van der Waals surface area contributed by atoms with Crippen molar-refractivity contribution in [2.24, 2.45) is 0 Å². The second-order valence-corrected chi connectivity index (χ2v) is 6.88. The lowest BCUT2D eigenvalue weighted by Gasteiger charge is -2.19. The third-order valence-electron chi connectivity index (χ3n) is 3.35. The molecule has 0 saturated heterocycles. The summed E-state index contributed by atoms with van der Waals surface area (Å²) in [4.78, 5) is 1.31. The zero-order valence-electron chi connectivity index (χ0n) is 12.8. The highest BCUT2D eigenvalue weighted by atomic mass is 79.9. The molecule has 114 valence electrons. The minimum atomic E-state index is 0.290. The molecule has 1 unspecified atom stereocenters. The van der Waals surface area contributed by atoms with Crippen molar-refractivity contribution in [2.45, 2.75) is 38.3 Å². The summed E-state index contributed by atoms with van der Waals surface area (Å²) in [6.45, 7) is 8.22. The summed E-state index contributed by atoms with van der Waals surface area (Å²) >= 11 is 5.51. The van der Waals surface area contributed by atoms with E-state index in [1.807, 2.05) is 18.0 Å². The summed E-state index contributed by atoms with van der Waals surface area (Å²) in [6, 6.07) is 9.00. The van der Waals surface area contributed by atoms with Crippen molar-refractivity contribution in [3.05, 3.63) is 46.2 Å². The molecule has 0 fully saturated rings. The summed E-state index contributed by atoms with van der Waals surface area (Å²) in [7, 11) is 0. The molecular weight excluding hydrogens is 346 g/mol.